The van der Waals surface area contributed by atoms with Gasteiger partial charge in [0, 0.05) is 18.3 Å². The second-order valence-electron chi connectivity index (χ2n) is 5.26. The molecule has 1 fully saturated rings. The van der Waals surface area contributed by atoms with Gasteiger partial charge in [-0.15, -0.1) is 0 Å². The molecule has 0 radical (unpaired) electrons. The average Bonchev–Trinajstić information content (AvgIpc) is 2.23. The molecule has 0 amide bonds. The molecule has 1 heterocycles. The fourth-order valence-electron chi connectivity index (χ4n) is 2.48. The van der Waals surface area contributed by atoms with Gasteiger partial charge in [-0.25, -0.2) is 4.98 Å². The molecule has 4 nitrogen and oxygen atoms in total. The van der Waals surface area contributed by atoms with E-state index in [-0.39, 0.29) is 23.1 Å². The van der Waals surface area contributed by atoms with E-state index in [4.69, 9.17) is 0 Å². The van der Waals surface area contributed by atoms with Gasteiger partial charge >= 0.3 is 0 Å². The molecule has 1 aromatic heterocycles. The van der Waals surface area contributed by atoms with Crippen LogP contribution in [-0.2, 0) is 0 Å². The molecule has 0 aliphatic heterocycles. The van der Waals surface area contributed by atoms with Gasteiger partial charge in [0.05, 0.1) is 12.4 Å². The van der Waals surface area contributed by atoms with Crippen molar-refractivity contribution in [1.29, 1.82) is 0 Å². The Labute approximate surface area is 95.0 Å². The fraction of sp³-hybridized carbons (Fsp3) is 0.667. The van der Waals surface area contributed by atoms with Gasteiger partial charge in [0.1, 0.15) is 0 Å². The second kappa shape index (κ2) is 4.01. The highest BCUT2D eigenvalue weighted by Gasteiger charge is 2.37. The van der Waals surface area contributed by atoms with E-state index in [1.807, 2.05) is 0 Å². The minimum atomic E-state index is -0.301. The number of hydrogen-bond acceptors (Lipinski definition) is 3. The van der Waals surface area contributed by atoms with Crippen LogP contribution in [0.1, 0.15) is 39.2 Å². The summed E-state index contributed by atoms with van der Waals surface area (Å²) < 4.78 is 1.66. The fourth-order valence-corrected chi connectivity index (χ4v) is 2.48. The zero-order valence-electron chi connectivity index (χ0n) is 9.76. The topological polar surface area (TPSA) is 55.1 Å². The maximum atomic E-state index is 11.8. The van der Waals surface area contributed by atoms with E-state index >= 15 is 0 Å². The Morgan fingerprint density at radius 3 is 3.00 bits per heavy atom. The van der Waals surface area contributed by atoms with E-state index in [0.717, 1.165) is 12.8 Å². The first-order valence-electron chi connectivity index (χ1n) is 5.71. The van der Waals surface area contributed by atoms with Gasteiger partial charge in [0.25, 0.3) is 5.56 Å². The maximum absolute atomic E-state index is 11.8. The van der Waals surface area contributed by atoms with Gasteiger partial charge in [0.15, 0.2) is 0 Å². The molecule has 2 unspecified atom stereocenters. The summed E-state index contributed by atoms with van der Waals surface area (Å²) >= 11 is 0. The van der Waals surface area contributed by atoms with Crippen LogP contribution in [0.25, 0.3) is 0 Å². The summed E-state index contributed by atoms with van der Waals surface area (Å²) in [6.45, 7) is 4.28. The standard InChI is InChI=1S/C12H18N2O2/c1-12(2)5-3-9(15)7-10(12)14-8-13-6-4-11(14)16/h4,6,8-10,15H,3,5,7H2,1-2H3. The van der Waals surface area contributed by atoms with Crippen molar-refractivity contribution in [2.75, 3.05) is 0 Å². The van der Waals surface area contributed by atoms with Crippen LogP contribution < -0.4 is 5.56 Å². The minimum absolute atomic E-state index is 0.0338. The quantitative estimate of drug-likeness (QED) is 0.780. The molecule has 88 valence electrons. The molecule has 0 saturated heterocycles. The second-order valence-corrected chi connectivity index (χ2v) is 5.26. The molecular formula is C12H18N2O2. The lowest BCUT2D eigenvalue weighted by Crippen LogP contribution is -2.40. The Kier molecular flexibility index (Phi) is 2.84. The summed E-state index contributed by atoms with van der Waals surface area (Å²) in [7, 11) is 0. The highest BCUT2D eigenvalue weighted by molar-refractivity contribution is 4.94. The molecule has 1 N–H and O–H groups in total. The first-order chi connectivity index (χ1) is 7.50. The molecule has 4 heteroatoms. The maximum Gasteiger partial charge on any atom is 0.253 e. The van der Waals surface area contributed by atoms with Crippen LogP contribution in [0.3, 0.4) is 0 Å². The molecule has 2 rings (SSSR count). The first kappa shape index (κ1) is 11.3. The molecule has 0 bridgehead atoms. The van der Waals surface area contributed by atoms with Crippen LogP contribution in [0.2, 0.25) is 0 Å². The third-order valence-corrected chi connectivity index (χ3v) is 3.60. The summed E-state index contributed by atoms with van der Waals surface area (Å²) in [6.07, 6.45) is 5.17. The Balaban J connectivity index is 2.38. The van der Waals surface area contributed by atoms with Crippen molar-refractivity contribution in [2.45, 2.75) is 45.3 Å². The Morgan fingerprint density at radius 2 is 2.31 bits per heavy atom. The monoisotopic (exact) mass is 222 g/mol. The number of aromatic nitrogens is 2. The van der Waals surface area contributed by atoms with Gasteiger partial charge in [0.2, 0.25) is 0 Å². The summed E-state index contributed by atoms with van der Waals surface area (Å²) in [6, 6.07) is 1.51. The van der Waals surface area contributed by atoms with E-state index in [1.54, 1.807) is 10.9 Å². The smallest absolute Gasteiger partial charge is 0.253 e. The van der Waals surface area contributed by atoms with Crippen molar-refractivity contribution in [3.05, 3.63) is 28.9 Å². The molecule has 2 atom stereocenters. The summed E-state index contributed by atoms with van der Waals surface area (Å²) in [5, 5.41) is 9.73. The summed E-state index contributed by atoms with van der Waals surface area (Å²) in [5.74, 6) is 0. The highest BCUT2D eigenvalue weighted by Crippen LogP contribution is 2.42. The Hall–Kier alpha value is -1.16. The first-order valence-corrected chi connectivity index (χ1v) is 5.71. The van der Waals surface area contributed by atoms with Crippen LogP contribution in [0.5, 0.6) is 0 Å². The van der Waals surface area contributed by atoms with Gasteiger partial charge < -0.3 is 5.11 Å². The lowest BCUT2D eigenvalue weighted by Gasteiger charge is -2.41. The number of aliphatic hydroxyl groups is 1. The van der Waals surface area contributed by atoms with E-state index in [9.17, 15) is 9.90 Å². The van der Waals surface area contributed by atoms with Crippen molar-refractivity contribution in [2.24, 2.45) is 5.41 Å². The van der Waals surface area contributed by atoms with Gasteiger partial charge in [-0.3, -0.25) is 9.36 Å². The largest absolute Gasteiger partial charge is 0.393 e. The molecule has 0 aromatic carbocycles. The lowest BCUT2D eigenvalue weighted by molar-refractivity contribution is 0.0324. The lowest BCUT2D eigenvalue weighted by atomic mass is 9.72. The van der Waals surface area contributed by atoms with Crippen LogP contribution in [0, 0.1) is 5.41 Å². The normalized spacial score (nSPS) is 28.9. The van der Waals surface area contributed by atoms with Crippen molar-refractivity contribution in [3.8, 4) is 0 Å². The zero-order valence-corrected chi connectivity index (χ0v) is 9.76. The predicted octanol–water partition coefficient (Wildman–Crippen LogP) is 1.36. The van der Waals surface area contributed by atoms with Gasteiger partial charge in [-0.2, -0.15) is 0 Å². The van der Waals surface area contributed by atoms with Gasteiger partial charge in [-0.05, 0) is 24.7 Å². The minimum Gasteiger partial charge on any atom is -0.393 e. The van der Waals surface area contributed by atoms with E-state index in [2.05, 4.69) is 18.8 Å². The molecule has 0 spiro atoms. The zero-order chi connectivity index (χ0) is 11.8. The van der Waals surface area contributed by atoms with Crippen LogP contribution in [0.15, 0.2) is 23.4 Å². The number of hydrogen-bond donors (Lipinski definition) is 1. The number of aliphatic hydroxyl groups excluding tert-OH is 1. The Bertz CT molecular complexity index is 425. The molecule has 1 aromatic rings. The van der Waals surface area contributed by atoms with Crippen LogP contribution >= 0.6 is 0 Å². The third kappa shape index (κ3) is 2.02. The summed E-state index contributed by atoms with van der Waals surface area (Å²) in [5.41, 5.74) is -0.00583. The molecule has 1 saturated carbocycles. The van der Waals surface area contributed by atoms with Crippen molar-refractivity contribution in [1.82, 2.24) is 9.55 Å². The van der Waals surface area contributed by atoms with Crippen molar-refractivity contribution in [3.63, 3.8) is 0 Å². The molecule has 1 aliphatic carbocycles. The highest BCUT2D eigenvalue weighted by atomic mass is 16.3. The summed E-state index contributed by atoms with van der Waals surface area (Å²) in [4.78, 5) is 15.7. The molecule has 1 aliphatic rings. The van der Waals surface area contributed by atoms with Crippen LogP contribution in [0.4, 0.5) is 0 Å². The SMILES string of the molecule is CC1(C)CCC(O)CC1n1cnccc1=O. The Morgan fingerprint density at radius 1 is 1.56 bits per heavy atom. The average molecular weight is 222 g/mol. The molecule has 16 heavy (non-hydrogen) atoms. The predicted molar refractivity (Wildman–Crippen MR) is 61.2 cm³/mol. The van der Waals surface area contributed by atoms with Crippen molar-refractivity contribution >= 4 is 0 Å². The van der Waals surface area contributed by atoms with E-state index in [1.165, 1.54) is 12.3 Å². The van der Waals surface area contributed by atoms with Crippen molar-refractivity contribution < 1.29 is 5.11 Å². The number of nitrogens with zero attached hydrogens (tertiary/aromatic N) is 2. The van der Waals surface area contributed by atoms with E-state index in [0.29, 0.717) is 6.42 Å². The molecular weight excluding hydrogens is 204 g/mol. The number of rotatable bonds is 1. The van der Waals surface area contributed by atoms with E-state index < -0.39 is 0 Å². The third-order valence-electron chi connectivity index (χ3n) is 3.60. The van der Waals surface area contributed by atoms with Gasteiger partial charge in [-0.1, -0.05) is 13.8 Å². The van der Waals surface area contributed by atoms with Crippen LogP contribution in [-0.4, -0.2) is 20.8 Å².